The Balaban J connectivity index is 1.55. The van der Waals surface area contributed by atoms with E-state index in [9.17, 15) is 9.59 Å². The molecule has 6 heteroatoms. The maximum Gasteiger partial charge on any atom is 0.253 e. The Labute approximate surface area is 165 Å². The van der Waals surface area contributed by atoms with Crippen LogP contribution in [0, 0.1) is 5.41 Å². The van der Waals surface area contributed by atoms with E-state index < -0.39 is 5.41 Å². The molecule has 1 aromatic carbocycles. The van der Waals surface area contributed by atoms with Crippen molar-refractivity contribution in [3.8, 4) is 0 Å². The van der Waals surface area contributed by atoms with Crippen LogP contribution in [0.15, 0.2) is 54.9 Å². The van der Waals surface area contributed by atoms with E-state index in [-0.39, 0.29) is 17.9 Å². The molecular formula is C22H26N4O2. The lowest BCUT2D eigenvalue weighted by Crippen LogP contribution is -2.46. The molecular weight excluding hydrogens is 352 g/mol. The van der Waals surface area contributed by atoms with Crippen molar-refractivity contribution < 1.29 is 9.59 Å². The van der Waals surface area contributed by atoms with Gasteiger partial charge in [0.1, 0.15) is 0 Å². The second-order valence-corrected chi connectivity index (χ2v) is 7.79. The Morgan fingerprint density at radius 2 is 1.75 bits per heavy atom. The summed E-state index contributed by atoms with van der Waals surface area (Å²) >= 11 is 0. The number of anilines is 1. The number of fused-ring (bicyclic) bond motifs is 1. The van der Waals surface area contributed by atoms with Crippen molar-refractivity contribution in [1.82, 2.24) is 14.8 Å². The maximum absolute atomic E-state index is 13.4. The van der Waals surface area contributed by atoms with Crippen LogP contribution in [0.2, 0.25) is 0 Å². The fourth-order valence-corrected chi connectivity index (χ4v) is 4.67. The van der Waals surface area contributed by atoms with E-state index in [0.29, 0.717) is 25.1 Å². The van der Waals surface area contributed by atoms with E-state index in [4.69, 9.17) is 0 Å². The van der Waals surface area contributed by atoms with E-state index in [1.54, 1.807) is 24.5 Å². The van der Waals surface area contributed by atoms with Gasteiger partial charge < -0.3 is 15.1 Å². The first-order valence-corrected chi connectivity index (χ1v) is 9.86. The van der Waals surface area contributed by atoms with Gasteiger partial charge in [-0.2, -0.15) is 0 Å². The third-order valence-electron chi connectivity index (χ3n) is 6.28. The molecule has 2 aliphatic heterocycles. The zero-order chi connectivity index (χ0) is 19.6. The van der Waals surface area contributed by atoms with Crippen molar-refractivity contribution in [2.24, 2.45) is 5.41 Å². The van der Waals surface area contributed by atoms with Crippen LogP contribution >= 0.6 is 0 Å². The number of hydrogen-bond acceptors (Lipinski definition) is 4. The predicted molar refractivity (Wildman–Crippen MR) is 108 cm³/mol. The first kappa shape index (κ1) is 18.6. The second kappa shape index (κ2) is 7.72. The quantitative estimate of drug-likeness (QED) is 0.892. The fraction of sp³-hybridized carbons (Fsp3) is 0.409. The number of aromatic nitrogens is 1. The maximum atomic E-state index is 13.4. The minimum atomic E-state index is -0.460. The molecule has 0 radical (unpaired) electrons. The Morgan fingerprint density at radius 3 is 2.50 bits per heavy atom. The third-order valence-corrected chi connectivity index (χ3v) is 6.28. The first-order valence-electron chi connectivity index (χ1n) is 9.86. The van der Waals surface area contributed by atoms with Gasteiger partial charge in [0.05, 0.1) is 5.41 Å². The van der Waals surface area contributed by atoms with Crippen LogP contribution in [0.1, 0.15) is 29.6 Å². The lowest BCUT2D eigenvalue weighted by atomic mass is 9.75. The molecule has 28 heavy (non-hydrogen) atoms. The second-order valence-electron chi connectivity index (χ2n) is 7.79. The van der Waals surface area contributed by atoms with Crippen molar-refractivity contribution >= 4 is 17.5 Å². The summed E-state index contributed by atoms with van der Waals surface area (Å²) in [5.74, 6) is 0.0925. The van der Waals surface area contributed by atoms with Gasteiger partial charge in [0.15, 0.2) is 0 Å². The summed E-state index contributed by atoms with van der Waals surface area (Å²) in [6.45, 7) is 2.16. The number of benzene rings is 1. The van der Waals surface area contributed by atoms with Gasteiger partial charge in [0.2, 0.25) is 5.91 Å². The van der Waals surface area contributed by atoms with E-state index >= 15 is 0 Å². The van der Waals surface area contributed by atoms with E-state index in [1.165, 1.54) is 0 Å². The van der Waals surface area contributed by atoms with Gasteiger partial charge in [-0.05, 0) is 57.1 Å². The van der Waals surface area contributed by atoms with Gasteiger partial charge in [-0.1, -0.05) is 18.2 Å². The molecule has 1 aromatic heterocycles. The van der Waals surface area contributed by atoms with Gasteiger partial charge in [0.25, 0.3) is 5.91 Å². The summed E-state index contributed by atoms with van der Waals surface area (Å²) in [6, 6.07) is 13.3. The summed E-state index contributed by atoms with van der Waals surface area (Å²) in [5.41, 5.74) is 1.01. The minimum Gasteiger partial charge on any atom is -0.339 e. The minimum absolute atomic E-state index is 0.0173. The molecule has 0 unspecified atom stereocenters. The van der Waals surface area contributed by atoms with Crippen LogP contribution in [0.25, 0.3) is 0 Å². The van der Waals surface area contributed by atoms with Crippen LogP contribution in [0.3, 0.4) is 0 Å². The number of hydrogen-bond donors (Lipinski definition) is 1. The summed E-state index contributed by atoms with van der Waals surface area (Å²) in [4.78, 5) is 34.4. The largest absolute Gasteiger partial charge is 0.339 e. The zero-order valence-electron chi connectivity index (χ0n) is 16.2. The molecule has 0 saturated carbocycles. The van der Waals surface area contributed by atoms with E-state index in [0.717, 1.165) is 25.1 Å². The number of carbonyl (C=O) groups is 2. The van der Waals surface area contributed by atoms with Crippen molar-refractivity contribution in [3.05, 3.63) is 60.4 Å². The van der Waals surface area contributed by atoms with E-state index in [2.05, 4.69) is 22.2 Å². The van der Waals surface area contributed by atoms with Crippen molar-refractivity contribution in [2.45, 2.75) is 25.3 Å². The molecule has 2 saturated heterocycles. The Hall–Kier alpha value is -2.73. The Morgan fingerprint density at radius 1 is 1.04 bits per heavy atom. The first-order chi connectivity index (χ1) is 13.6. The summed E-state index contributed by atoms with van der Waals surface area (Å²) in [6.07, 6.45) is 5.59. The zero-order valence-corrected chi connectivity index (χ0v) is 16.2. The number of amides is 2. The summed E-state index contributed by atoms with van der Waals surface area (Å²) in [5, 5.41) is 3.12. The smallest absolute Gasteiger partial charge is 0.253 e. The van der Waals surface area contributed by atoms with Crippen LogP contribution in [-0.2, 0) is 4.79 Å². The van der Waals surface area contributed by atoms with Crippen molar-refractivity contribution in [2.75, 3.05) is 32.0 Å². The molecule has 0 spiro atoms. The molecule has 2 amide bonds. The number of para-hydroxylation sites is 1. The molecule has 0 aliphatic carbocycles. The lowest BCUT2D eigenvalue weighted by Gasteiger charge is -2.34. The number of nitrogens with one attached hydrogen (secondary N) is 1. The van der Waals surface area contributed by atoms with E-state index in [1.807, 2.05) is 35.2 Å². The van der Waals surface area contributed by atoms with Crippen molar-refractivity contribution in [1.29, 1.82) is 0 Å². The molecule has 2 aliphatic rings. The van der Waals surface area contributed by atoms with Gasteiger partial charge in [0, 0.05) is 42.8 Å². The molecule has 1 N–H and O–H groups in total. The third kappa shape index (κ3) is 3.40. The fourth-order valence-electron chi connectivity index (χ4n) is 4.67. The highest BCUT2D eigenvalue weighted by Gasteiger charge is 2.52. The Kier molecular flexibility index (Phi) is 5.13. The Bertz CT molecular complexity index is 842. The lowest BCUT2D eigenvalue weighted by molar-refractivity contribution is -0.127. The molecule has 2 aromatic rings. The number of pyridine rings is 1. The molecule has 2 atom stereocenters. The molecule has 4 rings (SSSR count). The molecule has 146 valence electrons. The highest BCUT2D eigenvalue weighted by Crippen LogP contribution is 2.44. The number of likely N-dealkylation sites (tertiary alicyclic amines) is 2. The summed E-state index contributed by atoms with van der Waals surface area (Å²) < 4.78 is 0. The molecule has 2 fully saturated rings. The van der Waals surface area contributed by atoms with Crippen LogP contribution in [-0.4, -0.2) is 59.3 Å². The average Bonchev–Trinajstić information content (AvgIpc) is 2.93. The SMILES string of the molecule is CN1CC[C@]2(C(=O)Nc3ccccc3)CCN(C(=O)c3ccncc3)CC[C@H]12. The van der Waals surface area contributed by atoms with Gasteiger partial charge in [-0.25, -0.2) is 0 Å². The van der Waals surface area contributed by atoms with Crippen LogP contribution in [0.4, 0.5) is 5.69 Å². The van der Waals surface area contributed by atoms with Gasteiger partial charge in [-0.15, -0.1) is 0 Å². The average molecular weight is 378 g/mol. The standard InChI is InChI=1S/C22H26N4O2/c1-25-15-10-22(21(28)24-18-5-3-2-4-6-18)11-16-26(14-9-19(22)25)20(27)17-7-12-23-13-8-17/h2-8,12-13,19H,9-11,14-16H2,1H3,(H,24,28)/t19-,22-/m0/s1. The highest BCUT2D eigenvalue weighted by molar-refractivity contribution is 5.97. The number of nitrogens with zero attached hydrogens (tertiary/aromatic N) is 3. The van der Waals surface area contributed by atoms with Gasteiger partial charge >= 0.3 is 0 Å². The van der Waals surface area contributed by atoms with Crippen LogP contribution in [0.5, 0.6) is 0 Å². The highest BCUT2D eigenvalue weighted by atomic mass is 16.2. The molecule has 3 heterocycles. The molecule has 0 bridgehead atoms. The predicted octanol–water partition coefficient (Wildman–Crippen LogP) is 2.65. The molecule has 6 nitrogen and oxygen atoms in total. The van der Waals surface area contributed by atoms with Gasteiger partial charge in [-0.3, -0.25) is 14.6 Å². The van der Waals surface area contributed by atoms with Crippen molar-refractivity contribution in [3.63, 3.8) is 0 Å². The summed E-state index contributed by atoms with van der Waals surface area (Å²) in [7, 11) is 2.09. The van der Waals surface area contributed by atoms with Crippen LogP contribution < -0.4 is 5.32 Å². The monoisotopic (exact) mass is 378 g/mol. The normalized spacial score (nSPS) is 25.0. The number of rotatable bonds is 3. The topological polar surface area (TPSA) is 65.5 Å². The number of carbonyl (C=O) groups excluding carboxylic acids is 2.